The lowest BCUT2D eigenvalue weighted by Crippen LogP contribution is -1.97. The van der Waals surface area contributed by atoms with Crippen molar-refractivity contribution >= 4 is 6.29 Å². The molecule has 0 amide bonds. The summed E-state index contributed by atoms with van der Waals surface area (Å²) in [6.45, 7) is 0.856. The molecule has 0 atom stereocenters. The second kappa shape index (κ2) is 17.6. The maximum Gasteiger partial charge on any atom is 0.119 e. The number of aldehydes is 1. The molecule has 0 spiro atoms. The third-order valence-electron chi connectivity index (χ3n) is 3.78. The minimum Gasteiger partial charge on any atom is -0.330 e. The summed E-state index contributed by atoms with van der Waals surface area (Å²) >= 11 is 0. The van der Waals surface area contributed by atoms with E-state index in [4.69, 9.17) is 5.73 Å². The van der Waals surface area contributed by atoms with E-state index in [-0.39, 0.29) is 0 Å². The van der Waals surface area contributed by atoms with Crippen LogP contribution in [0.15, 0.2) is 0 Å². The fraction of sp³-hybridized carbons (Fsp3) is 0.941. The van der Waals surface area contributed by atoms with Crippen LogP contribution < -0.4 is 5.73 Å². The summed E-state index contributed by atoms with van der Waals surface area (Å²) in [5, 5.41) is 0. The van der Waals surface area contributed by atoms with Gasteiger partial charge in [-0.2, -0.15) is 0 Å². The van der Waals surface area contributed by atoms with E-state index in [1.165, 1.54) is 83.5 Å². The first kappa shape index (κ1) is 18.6. The highest BCUT2D eigenvalue weighted by Crippen LogP contribution is 2.12. The molecule has 2 heteroatoms. The lowest BCUT2D eigenvalue weighted by molar-refractivity contribution is -0.107. The van der Waals surface area contributed by atoms with Crippen molar-refractivity contribution in [3.8, 4) is 0 Å². The minimum absolute atomic E-state index is 0.755. The van der Waals surface area contributed by atoms with Gasteiger partial charge in [0.05, 0.1) is 0 Å². The van der Waals surface area contributed by atoms with E-state index >= 15 is 0 Å². The number of carbonyl (C=O) groups excluding carboxylic acids is 1. The molecular weight excluding hydrogens is 234 g/mol. The van der Waals surface area contributed by atoms with Gasteiger partial charge in [-0.05, 0) is 19.4 Å². The molecule has 0 unspecified atom stereocenters. The summed E-state index contributed by atoms with van der Waals surface area (Å²) in [5.74, 6) is 0. The van der Waals surface area contributed by atoms with Crippen molar-refractivity contribution in [2.75, 3.05) is 6.54 Å². The molecule has 0 fully saturated rings. The van der Waals surface area contributed by atoms with Crippen LogP contribution in [0.5, 0.6) is 0 Å². The summed E-state index contributed by atoms with van der Waals surface area (Å²) in [6.07, 6.45) is 20.5. The Morgan fingerprint density at radius 2 is 0.842 bits per heavy atom. The number of hydrogen-bond acceptors (Lipinski definition) is 2. The van der Waals surface area contributed by atoms with E-state index in [0.29, 0.717) is 0 Å². The lowest BCUT2D eigenvalue weighted by atomic mass is 10.0. The van der Waals surface area contributed by atoms with Crippen LogP contribution >= 0.6 is 0 Å². The second-order valence-electron chi connectivity index (χ2n) is 5.69. The Bertz CT molecular complexity index is 171. The van der Waals surface area contributed by atoms with Crippen molar-refractivity contribution < 1.29 is 4.79 Å². The fourth-order valence-electron chi connectivity index (χ4n) is 2.49. The van der Waals surface area contributed by atoms with Crippen LogP contribution in [0.1, 0.15) is 96.3 Å². The molecule has 114 valence electrons. The van der Waals surface area contributed by atoms with Crippen LogP contribution in [0.3, 0.4) is 0 Å². The van der Waals surface area contributed by atoms with Gasteiger partial charge in [-0.3, -0.25) is 0 Å². The van der Waals surface area contributed by atoms with E-state index in [1.54, 1.807) is 0 Å². The molecule has 0 radical (unpaired) electrons. The fourth-order valence-corrected chi connectivity index (χ4v) is 2.49. The number of carbonyl (C=O) groups is 1. The highest BCUT2D eigenvalue weighted by molar-refractivity contribution is 5.48. The Balaban J connectivity index is 2.89. The molecule has 2 nitrogen and oxygen atoms in total. The predicted molar refractivity (Wildman–Crippen MR) is 84.4 cm³/mol. The maximum atomic E-state index is 10.1. The molecule has 0 rings (SSSR count). The van der Waals surface area contributed by atoms with E-state index in [1.807, 2.05) is 0 Å². The Hall–Kier alpha value is -0.370. The van der Waals surface area contributed by atoms with Gasteiger partial charge in [-0.25, -0.2) is 0 Å². The highest BCUT2D eigenvalue weighted by Gasteiger charge is 1.94. The van der Waals surface area contributed by atoms with Crippen molar-refractivity contribution in [3.63, 3.8) is 0 Å². The summed E-state index contributed by atoms with van der Waals surface area (Å²) in [5.41, 5.74) is 5.47. The molecule has 2 N–H and O–H groups in total. The predicted octanol–water partition coefficient (Wildman–Crippen LogP) is 5.00. The van der Waals surface area contributed by atoms with Gasteiger partial charge in [0.25, 0.3) is 0 Å². The first-order chi connectivity index (χ1) is 9.41. The number of hydrogen-bond donors (Lipinski definition) is 1. The summed E-state index contributed by atoms with van der Waals surface area (Å²) in [7, 11) is 0. The second-order valence-corrected chi connectivity index (χ2v) is 5.69. The van der Waals surface area contributed by atoms with Crippen LogP contribution in [0.2, 0.25) is 0 Å². The number of nitrogens with two attached hydrogens (primary N) is 1. The van der Waals surface area contributed by atoms with Crippen molar-refractivity contribution in [2.24, 2.45) is 5.73 Å². The zero-order valence-electron chi connectivity index (χ0n) is 12.9. The van der Waals surface area contributed by atoms with Crippen LogP contribution in [-0.2, 0) is 4.79 Å². The molecule has 0 aromatic heterocycles. The highest BCUT2D eigenvalue weighted by atomic mass is 16.1. The Kier molecular flexibility index (Phi) is 17.3. The molecule has 0 aromatic rings. The summed E-state index contributed by atoms with van der Waals surface area (Å²) in [6, 6.07) is 0. The Morgan fingerprint density at radius 1 is 0.526 bits per heavy atom. The topological polar surface area (TPSA) is 43.1 Å². The van der Waals surface area contributed by atoms with Crippen LogP contribution in [0, 0.1) is 0 Å². The van der Waals surface area contributed by atoms with Crippen molar-refractivity contribution in [1.29, 1.82) is 0 Å². The van der Waals surface area contributed by atoms with E-state index in [9.17, 15) is 4.79 Å². The monoisotopic (exact) mass is 269 g/mol. The van der Waals surface area contributed by atoms with Gasteiger partial charge < -0.3 is 10.5 Å². The van der Waals surface area contributed by atoms with E-state index in [2.05, 4.69) is 0 Å². The van der Waals surface area contributed by atoms with Gasteiger partial charge >= 0.3 is 0 Å². The number of unbranched alkanes of at least 4 members (excludes halogenated alkanes) is 14. The normalized spacial score (nSPS) is 10.8. The van der Waals surface area contributed by atoms with Gasteiger partial charge in [0.1, 0.15) is 6.29 Å². The first-order valence-electron chi connectivity index (χ1n) is 8.55. The van der Waals surface area contributed by atoms with Crippen LogP contribution in [0.4, 0.5) is 0 Å². The van der Waals surface area contributed by atoms with Crippen LogP contribution in [-0.4, -0.2) is 12.8 Å². The van der Waals surface area contributed by atoms with Crippen molar-refractivity contribution in [1.82, 2.24) is 0 Å². The van der Waals surface area contributed by atoms with E-state index < -0.39 is 0 Å². The average molecular weight is 269 g/mol. The van der Waals surface area contributed by atoms with Gasteiger partial charge in [0.2, 0.25) is 0 Å². The largest absolute Gasteiger partial charge is 0.330 e. The van der Waals surface area contributed by atoms with Gasteiger partial charge in [0.15, 0.2) is 0 Å². The average Bonchev–Trinajstić information content (AvgIpc) is 2.43. The van der Waals surface area contributed by atoms with Gasteiger partial charge in [-0.1, -0.05) is 77.0 Å². The molecule has 0 heterocycles. The standard InChI is InChI=1S/C17H35NO/c18-16-14-12-10-8-6-4-2-1-3-5-7-9-11-13-15-17-19/h17H,1-16,18H2. The molecule has 0 bridgehead atoms. The first-order valence-corrected chi connectivity index (χ1v) is 8.55. The SMILES string of the molecule is NCCCCCCCCCCCCCCCCC=O. The molecule has 0 saturated heterocycles. The van der Waals surface area contributed by atoms with Gasteiger partial charge in [0, 0.05) is 6.42 Å². The Morgan fingerprint density at radius 3 is 1.16 bits per heavy atom. The Labute approximate surface area is 120 Å². The quantitative estimate of drug-likeness (QED) is 0.317. The minimum atomic E-state index is 0.755. The molecule has 0 aliphatic carbocycles. The third kappa shape index (κ3) is 17.6. The molecule has 0 aliphatic heterocycles. The van der Waals surface area contributed by atoms with Crippen LogP contribution in [0.25, 0.3) is 0 Å². The van der Waals surface area contributed by atoms with Crippen molar-refractivity contribution in [2.45, 2.75) is 96.3 Å². The summed E-state index contributed by atoms with van der Waals surface area (Å²) in [4.78, 5) is 10.1. The summed E-state index contributed by atoms with van der Waals surface area (Å²) < 4.78 is 0. The van der Waals surface area contributed by atoms with E-state index in [0.717, 1.165) is 25.7 Å². The van der Waals surface area contributed by atoms with Gasteiger partial charge in [-0.15, -0.1) is 0 Å². The third-order valence-corrected chi connectivity index (χ3v) is 3.78. The van der Waals surface area contributed by atoms with Crippen molar-refractivity contribution in [3.05, 3.63) is 0 Å². The zero-order chi connectivity index (χ0) is 14.0. The molecule has 0 saturated carbocycles. The molecule has 0 aliphatic rings. The smallest absolute Gasteiger partial charge is 0.119 e. The molecular formula is C17H35NO. The molecule has 19 heavy (non-hydrogen) atoms. The molecule has 0 aromatic carbocycles. The maximum absolute atomic E-state index is 10.1. The number of rotatable bonds is 16. The lowest BCUT2D eigenvalue weighted by Gasteiger charge is -2.02. The zero-order valence-corrected chi connectivity index (χ0v) is 12.9.